The molecule has 3 atom stereocenters. The topological polar surface area (TPSA) is 59.1 Å². The molecule has 2 saturated heterocycles. The molecule has 2 aliphatic heterocycles. The molecule has 0 radical (unpaired) electrons. The highest BCUT2D eigenvalue weighted by molar-refractivity contribution is 9.10. The summed E-state index contributed by atoms with van der Waals surface area (Å²) in [5.74, 6) is -0.564. The van der Waals surface area contributed by atoms with Crippen LogP contribution in [0.4, 0.5) is 11.4 Å². The summed E-state index contributed by atoms with van der Waals surface area (Å²) in [6.45, 7) is 0. The molecule has 3 aromatic rings. The Bertz CT molecular complexity index is 1120. The number of fused-ring (bicyclic) bond motifs is 1. The number of methoxy groups -OCH3 is 1. The number of benzene rings is 3. The van der Waals surface area contributed by atoms with Crippen LogP contribution in [0.3, 0.4) is 0 Å². The van der Waals surface area contributed by atoms with Crippen LogP contribution in [0.25, 0.3) is 0 Å². The van der Waals surface area contributed by atoms with Gasteiger partial charge in [0, 0.05) is 4.47 Å². The lowest BCUT2D eigenvalue weighted by molar-refractivity contribution is -0.126. The van der Waals surface area contributed by atoms with E-state index < -0.39 is 18.1 Å². The molecule has 0 saturated carbocycles. The number of hydroxylamine groups is 1. The molecule has 2 fully saturated rings. The number of nitrogens with zero attached hydrogens (tertiary/aromatic N) is 2. The van der Waals surface area contributed by atoms with Gasteiger partial charge in [-0.15, -0.1) is 0 Å². The summed E-state index contributed by atoms with van der Waals surface area (Å²) in [6, 6.07) is 23.7. The zero-order chi connectivity index (χ0) is 21.5. The van der Waals surface area contributed by atoms with Crippen LogP contribution >= 0.6 is 15.9 Å². The molecule has 2 amide bonds. The van der Waals surface area contributed by atoms with E-state index >= 15 is 0 Å². The Morgan fingerprint density at radius 1 is 0.839 bits per heavy atom. The van der Waals surface area contributed by atoms with Crippen molar-refractivity contribution in [2.24, 2.45) is 5.92 Å². The van der Waals surface area contributed by atoms with Crippen molar-refractivity contribution in [3.05, 3.63) is 88.9 Å². The largest absolute Gasteiger partial charge is 0.497 e. The van der Waals surface area contributed by atoms with E-state index in [1.54, 1.807) is 24.3 Å². The van der Waals surface area contributed by atoms with Crippen molar-refractivity contribution in [3.63, 3.8) is 0 Å². The highest BCUT2D eigenvalue weighted by Crippen LogP contribution is 2.47. The Hall–Kier alpha value is -3.16. The molecule has 156 valence electrons. The van der Waals surface area contributed by atoms with Gasteiger partial charge in [0.2, 0.25) is 5.91 Å². The van der Waals surface area contributed by atoms with E-state index in [-0.39, 0.29) is 11.8 Å². The van der Waals surface area contributed by atoms with Crippen molar-refractivity contribution in [2.45, 2.75) is 12.1 Å². The van der Waals surface area contributed by atoms with Crippen molar-refractivity contribution in [3.8, 4) is 5.75 Å². The molecule has 0 N–H and O–H groups in total. The monoisotopic (exact) mass is 478 g/mol. The van der Waals surface area contributed by atoms with Gasteiger partial charge in [0.15, 0.2) is 6.10 Å². The van der Waals surface area contributed by atoms with Gasteiger partial charge in [-0.25, -0.2) is 9.96 Å². The van der Waals surface area contributed by atoms with Crippen molar-refractivity contribution >= 4 is 39.1 Å². The first-order valence-electron chi connectivity index (χ1n) is 9.87. The van der Waals surface area contributed by atoms with Crippen LogP contribution in [0.1, 0.15) is 11.6 Å². The Balaban J connectivity index is 1.57. The smallest absolute Gasteiger partial charge is 0.266 e. The third kappa shape index (κ3) is 3.30. The second kappa shape index (κ2) is 7.83. The van der Waals surface area contributed by atoms with Gasteiger partial charge in [-0.05, 0) is 54.1 Å². The molecule has 0 unspecified atom stereocenters. The number of carbonyl (C=O) groups is 2. The van der Waals surface area contributed by atoms with E-state index in [1.807, 2.05) is 66.7 Å². The first kappa shape index (κ1) is 19.8. The van der Waals surface area contributed by atoms with Gasteiger partial charge < -0.3 is 4.74 Å². The zero-order valence-corrected chi connectivity index (χ0v) is 18.2. The van der Waals surface area contributed by atoms with Gasteiger partial charge in [0.05, 0.1) is 24.5 Å². The zero-order valence-electron chi connectivity index (χ0n) is 16.6. The van der Waals surface area contributed by atoms with Gasteiger partial charge >= 0.3 is 0 Å². The van der Waals surface area contributed by atoms with Crippen LogP contribution in [-0.2, 0) is 14.4 Å². The van der Waals surface area contributed by atoms with E-state index in [2.05, 4.69) is 15.9 Å². The average Bonchev–Trinajstić information content (AvgIpc) is 3.31. The van der Waals surface area contributed by atoms with E-state index in [9.17, 15) is 9.59 Å². The van der Waals surface area contributed by atoms with Crippen LogP contribution in [0.2, 0.25) is 0 Å². The molecule has 5 rings (SSSR count). The second-order valence-electron chi connectivity index (χ2n) is 7.42. The molecule has 7 heteroatoms. The maximum Gasteiger partial charge on any atom is 0.266 e. The van der Waals surface area contributed by atoms with Gasteiger partial charge in [0.25, 0.3) is 5.91 Å². The molecule has 0 aromatic heterocycles. The number of amides is 2. The number of halogens is 1. The van der Waals surface area contributed by atoms with Gasteiger partial charge in [-0.3, -0.25) is 14.4 Å². The lowest BCUT2D eigenvalue weighted by atomic mass is 9.90. The highest BCUT2D eigenvalue weighted by Gasteiger charge is 2.60. The lowest BCUT2D eigenvalue weighted by Gasteiger charge is -2.28. The number of hydrogen-bond acceptors (Lipinski definition) is 5. The first-order chi connectivity index (χ1) is 15.1. The summed E-state index contributed by atoms with van der Waals surface area (Å²) >= 11 is 3.39. The quantitative estimate of drug-likeness (QED) is 0.516. The Labute approximate surface area is 188 Å². The number of imide groups is 1. The third-order valence-corrected chi connectivity index (χ3v) is 6.20. The summed E-state index contributed by atoms with van der Waals surface area (Å²) in [5, 5.41) is 1.69. The molecule has 6 nitrogen and oxygen atoms in total. The molecule has 2 heterocycles. The van der Waals surface area contributed by atoms with Gasteiger partial charge in [-0.1, -0.05) is 46.3 Å². The lowest BCUT2D eigenvalue weighted by Crippen LogP contribution is -2.37. The van der Waals surface area contributed by atoms with Crippen LogP contribution in [0, 0.1) is 5.92 Å². The molecule has 2 aliphatic rings. The summed E-state index contributed by atoms with van der Waals surface area (Å²) in [4.78, 5) is 34.2. The first-order valence-corrected chi connectivity index (χ1v) is 10.7. The molecule has 31 heavy (non-hydrogen) atoms. The van der Waals surface area contributed by atoms with E-state index in [0.29, 0.717) is 5.69 Å². The van der Waals surface area contributed by atoms with E-state index in [4.69, 9.17) is 9.57 Å². The maximum absolute atomic E-state index is 13.5. The second-order valence-corrected chi connectivity index (χ2v) is 8.34. The van der Waals surface area contributed by atoms with Crippen LogP contribution < -0.4 is 14.7 Å². The maximum atomic E-state index is 13.5. The summed E-state index contributed by atoms with van der Waals surface area (Å²) in [5.41, 5.74) is 2.19. The van der Waals surface area contributed by atoms with Gasteiger partial charge in [0.1, 0.15) is 11.7 Å². The minimum Gasteiger partial charge on any atom is -0.497 e. The highest BCUT2D eigenvalue weighted by atomic mass is 79.9. The number of rotatable bonds is 4. The van der Waals surface area contributed by atoms with Crippen molar-refractivity contribution < 1.29 is 19.2 Å². The fourth-order valence-corrected chi connectivity index (χ4v) is 4.46. The number of para-hydroxylation sites is 1. The normalized spacial score (nSPS) is 22.7. The van der Waals surface area contributed by atoms with E-state index in [0.717, 1.165) is 21.5 Å². The number of ether oxygens (including phenoxy) is 1. The van der Waals surface area contributed by atoms with Crippen molar-refractivity contribution in [1.82, 2.24) is 0 Å². The number of carbonyl (C=O) groups excluding carboxylic acids is 2. The van der Waals surface area contributed by atoms with Crippen LogP contribution in [-0.4, -0.2) is 25.0 Å². The molecule has 0 spiro atoms. The Kier molecular flexibility index (Phi) is 5.00. The molecule has 3 aromatic carbocycles. The third-order valence-electron chi connectivity index (χ3n) is 5.67. The van der Waals surface area contributed by atoms with Gasteiger partial charge in [-0.2, -0.15) is 0 Å². The summed E-state index contributed by atoms with van der Waals surface area (Å²) in [7, 11) is 1.61. The average molecular weight is 479 g/mol. The minimum absolute atomic E-state index is 0.267. The predicted molar refractivity (Wildman–Crippen MR) is 120 cm³/mol. The SMILES string of the molecule is COc1ccc([C@@H]2[C@H]3C(=O)N(c4ccc(Br)cc4)C(=O)[C@@H]3ON2c2ccccc2)cc1. The molecular weight excluding hydrogens is 460 g/mol. The Morgan fingerprint density at radius 3 is 2.16 bits per heavy atom. The molecule has 0 aliphatic carbocycles. The minimum atomic E-state index is -0.886. The van der Waals surface area contributed by atoms with Crippen molar-refractivity contribution in [1.29, 1.82) is 0 Å². The number of hydrogen-bond donors (Lipinski definition) is 0. The predicted octanol–water partition coefficient (Wildman–Crippen LogP) is 4.51. The Morgan fingerprint density at radius 2 is 1.52 bits per heavy atom. The summed E-state index contributed by atoms with van der Waals surface area (Å²) in [6.07, 6.45) is -0.886. The fourth-order valence-electron chi connectivity index (χ4n) is 4.20. The fraction of sp³-hybridized carbons (Fsp3) is 0.167. The van der Waals surface area contributed by atoms with Crippen molar-refractivity contribution in [2.75, 3.05) is 17.1 Å². The van der Waals surface area contributed by atoms with Crippen LogP contribution in [0.15, 0.2) is 83.3 Å². The standard InChI is InChI=1S/C24H19BrN2O4/c1-30-19-13-7-15(8-14-19)21-20-22(31-27(21)18-5-3-2-4-6-18)24(29)26(23(20)28)17-11-9-16(25)10-12-17/h2-14,20-22H,1H3/t20-,21-,22-/m1/s1. The summed E-state index contributed by atoms with van der Waals surface area (Å²) < 4.78 is 6.15. The van der Waals surface area contributed by atoms with E-state index in [1.165, 1.54) is 4.90 Å². The molecular formula is C24H19BrN2O4. The molecule has 0 bridgehead atoms. The number of anilines is 2. The van der Waals surface area contributed by atoms with Crippen LogP contribution in [0.5, 0.6) is 5.75 Å².